The van der Waals surface area contributed by atoms with Gasteiger partial charge in [0.2, 0.25) is 0 Å². The van der Waals surface area contributed by atoms with Gasteiger partial charge in [-0.05, 0) is 12.8 Å². The second-order valence-corrected chi connectivity index (χ2v) is 3.42. The minimum absolute atomic E-state index is 0.00170. The average Bonchev–Trinajstić information content (AvgIpc) is 2.24. The van der Waals surface area contributed by atoms with Gasteiger partial charge in [0.15, 0.2) is 0 Å². The number of carboxylic acid groups (broad SMARTS) is 1. The highest BCUT2D eigenvalue weighted by Gasteiger charge is 2.17. The summed E-state index contributed by atoms with van der Waals surface area (Å²) >= 11 is 0. The van der Waals surface area contributed by atoms with Crippen LogP contribution in [0.25, 0.3) is 0 Å². The molecule has 16 heavy (non-hydrogen) atoms. The predicted molar refractivity (Wildman–Crippen MR) is 60.9 cm³/mol. The Balaban J connectivity index is 4.37. The second-order valence-electron chi connectivity index (χ2n) is 3.42. The Bertz CT molecular complexity index is 279. The van der Waals surface area contributed by atoms with Gasteiger partial charge in [0, 0.05) is 6.04 Å². The molecule has 0 saturated heterocycles. The predicted octanol–water partition coefficient (Wildman–Crippen LogP) is 0.904. The molecule has 5 nitrogen and oxygen atoms in total. The van der Waals surface area contributed by atoms with Gasteiger partial charge in [-0.15, -0.1) is 6.42 Å². The molecule has 2 amide bonds. The Morgan fingerprint density at radius 2 is 2.00 bits per heavy atom. The second kappa shape index (κ2) is 7.57. The molecule has 0 atom stereocenters. The molecular formula is C11H18N2O3. The molecule has 0 heterocycles. The van der Waals surface area contributed by atoms with E-state index in [9.17, 15) is 9.59 Å². The van der Waals surface area contributed by atoms with Crippen molar-refractivity contribution in [1.82, 2.24) is 10.2 Å². The lowest BCUT2D eigenvalue weighted by atomic mass is 10.2. The van der Waals surface area contributed by atoms with Crippen molar-refractivity contribution in [3.05, 3.63) is 0 Å². The van der Waals surface area contributed by atoms with Crippen LogP contribution in [-0.4, -0.2) is 41.1 Å². The summed E-state index contributed by atoms with van der Waals surface area (Å²) < 4.78 is 0. The Kier molecular flexibility index (Phi) is 6.77. The molecule has 0 aromatic rings. The molecule has 0 aromatic carbocycles. The third-order valence-corrected chi connectivity index (χ3v) is 2.21. The Labute approximate surface area is 95.8 Å². The van der Waals surface area contributed by atoms with E-state index in [0.717, 1.165) is 17.7 Å². The number of hydrogen-bond acceptors (Lipinski definition) is 2. The fourth-order valence-electron chi connectivity index (χ4n) is 1.23. The van der Waals surface area contributed by atoms with E-state index < -0.39 is 12.0 Å². The number of amides is 2. The van der Waals surface area contributed by atoms with Crippen LogP contribution in [0.15, 0.2) is 0 Å². The van der Waals surface area contributed by atoms with E-state index in [2.05, 4.69) is 11.2 Å². The van der Waals surface area contributed by atoms with E-state index in [4.69, 9.17) is 11.5 Å². The third kappa shape index (κ3) is 5.25. The normalized spacial score (nSPS) is 9.62. The lowest BCUT2D eigenvalue weighted by Crippen LogP contribution is -2.46. The Morgan fingerprint density at radius 3 is 2.38 bits per heavy atom. The quantitative estimate of drug-likeness (QED) is 0.661. The van der Waals surface area contributed by atoms with Crippen molar-refractivity contribution in [2.45, 2.75) is 32.7 Å². The molecule has 90 valence electrons. The first kappa shape index (κ1) is 14.3. The van der Waals surface area contributed by atoms with Gasteiger partial charge < -0.3 is 15.3 Å². The van der Waals surface area contributed by atoms with E-state index in [0.29, 0.717) is 0 Å². The molecule has 0 spiro atoms. The molecule has 0 unspecified atom stereocenters. The molecule has 0 fully saturated rings. The fraction of sp³-hybridized carbons (Fsp3) is 0.636. The maximum absolute atomic E-state index is 11.7. The first-order chi connectivity index (χ1) is 7.54. The highest BCUT2D eigenvalue weighted by atomic mass is 16.4. The van der Waals surface area contributed by atoms with Crippen LogP contribution in [0.5, 0.6) is 0 Å². The van der Waals surface area contributed by atoms with Crippen molar-refractivity contribution in [1.29, 1.82) is 0 Å². The van der Waals surface area contributed by atoms with Crippen LogP contribution < -0.4 is 5.32 Å². The minimum atomic E-state index is -1.07. The van der Waals surface area contributed by atoms with Gasteiger partial charge in [-0.25, -0.2) is 4.79 Å². The number of nitrogens with one attached hydrogen (secondary N) is 1. The number of nitrogens with zero attached hydrogens (tertiary/aromatic N) is 1. The standard InChI is InChI=1S/C11H18N2O3/c1-4-7-13(8-10(14)15)11(16)12-9(5-2)6-3/h1,9H,5-8H2,2-3H3,(H,12,16)(H,14,15). The number of carbonyl (C=O) groups is 2. The van der Waals surface area contributed by atoms with Crippen LogP contribution >= 0.6 is 0 Å². The van der Waals surface area contributed by atoms with Gasteiger partial charge in [-0.2, -0.15) is 0 Å². The smallest absolute Gasteiger partial charge is 0.323 e. The molecule has 0 saturated carbocycles. The molecule has 0 aromatic heterocycles. The summed E-state index contributed by atoms with van der Waals surface area (Å²) in [4.78, 5) is 23.3. The number of aliphatic carboxylic acids is 1. The Hall–Kier alpha value is -1.70. The molecule has 5 heteroatoms. The van der Waals surface area contributed by atoms with Crippen molar-refractivity contribution < 1.29 is 14.7 Å². The van der Waals surface area contributed by atoms with Gasteiger partial charge in [-0.3, -0.25) is 4.79 Å². The number of terminal acetylenes is 1. The van der Waals surface area contributed by atoms with E-state index >= 15 is 0 Å². The van der Waals surface area contributed by atoms with E-state index in [-0.39, 0.29) is 19.1 Å². The highest BCUT2D eigenvalue weighted by Crippen LogP contribution is 1.98. The van der Waals surface area contributed by atoms with E-state index in [1.165, 1.54) is 0 Å². The first-order valence-corrected chi connectivity index (χ1v) is 5.25. The zero-order valence-corrected chi connectivity index (χ0v) is 9.69. The Morgan fingerprint density at radius 1 is 1.44 bits per heavy atom. The van der Waals surface area contributed by atoms with Crippen molar-refractivity contribution in [2.24, 2.45) is 0 Å². The summed E-state index contributed by atoms with van der Waals surface area (Å²) in [6, 6.07) is -0.365. The summed E-state index contributed by atoms with van der Waals surface area (Å²) in [6.07, 6.45) is 6.68. The number of carbonyl (C=O) groups excluding carboxylic acids is 1. The number of carboxylic acids is 1. The zero-order valence-electron chi connectivity index (χ0n) is 9.69. The molecule has 0 aliphatic heterocycles. The first-order valence-electron chi connectivity index (χ1n) is 5.25. The van der Waals surface area contributed by atoms with Gasteiger partial charge in [0.25, 0.3) is 0 Å². The topological polar surface area (TPSA) is 69.6 Å². The zero-order chi connectivity index (χ0) is 12.6. The molecule has 0 bridgehead atoms. The number of urea groups is 1. The molecular weight excluding hydrogens is 208 g/mol. The fourth-order valence-corrected chi connectivity index (χ4v) is 1.23. The molecule has 2 N–H and O–H groups in total. The van der Waals surface area contributed by atoms with Gasteiger partial charge in [-0.1, -0.05) is 19.8 Å². The van der Waals surface area contributed by atoms with Crippen LogP contribution in [0.3, 0.4) is 0 Å². The van der Waals surface area contributed by atoms with Crippen LogP contribution in [0.1, 0.15) is 26.7 Å². The van der Waals surface area contributed by atoms with Gasteiger partial charge in [0.05, 0.1) is 6.54 Å². The van der Waals surface area contributed by atoms with Crippen LogP contribution in [-0.2, 0) is 4.79 Å². The van der Waals surface area contributed by atoms with Crippen molar-refractivity contribution in [2.75, 3.05) is 13.1 Å². The summed E-state index contributed by atoms with van der Waals surface area (Å²) in [6.45, 7) is 3.53. The summed E-state index contributed by atoms with van der Waals surface area (Å²) in [5, 5.41) is 11.4. The van der Waals surface area contributed by atoms with E-state index in [1.54, 1.807) is 0 Å². The number of rotatable bonds is 6. The summed E-state index contributed by atoms with van der Waals surface area (Å²) in [7, 11) is 0. The highest BCUT2D eigenvalue weighted by molar-refractivity contribution is 5.80. The lowest BCUT2D eigenvalue weighted by Gasteiger charge is -2.22. The van der Waals surface area contributed by atoms with Crippen LogP contribution in [0, 0.1) is 12.3 Å². The lowest BCUT2D eigenvalue weighted by molar-refractivity contribution is -0.137. The van der Waals surface area contributed by atoms with Crippen molar-refractivity contribution >= 4 is 12.0 Å². The summed E-state index contributed by atoms with van der Waals surface area (Å²) in [5.74, 6) is 1.19. The van der Waals surface area contributed by atoms with Gasteiger partial charge in [0.1, 0.15) is 6.54 Å². The minimum Gasteiger partial charge on any atom is -0.480 e. The number of hydrogen-bond donors (Lipinski definition) is 2. The monoisotopic (exact) mass is 226 g/mol. The SMILES string of the molecule is C#CCN(CC(=O)O)C(=O)NC(CC)CC. The van der Waals surface area contributed by atoms with Crippen LogP contribution in [0.4, 0.5) is 4.79 Å². The molecule has 0 rings (SSSR count). The third-order valence-electron chi connectivity index (χ3n) is 2.21. The maximum atomic E-state index is 11.7. The largest absolute Gasteiger partial charge is 0.480 e. The van der Waals surface area contributed by atoms with E-state index in [1.807, 2.05) is 13.8 Å². The maximum Gasteiger partial charge on any atom is 0.323 e. The average molecular weight is 226 g/mol. The molecule has 0 aliphatic rings. The summed E-state index contributed by atoms with van der Waals surface area (Å²) in [5.41, 5.74) is 0. The van der Waals surface area contributed by atoms with Gasteiger partial charge >= 0.3 is 12.0 Å². The molecule has 0 radical (unpaired) electrons. The van der Waals surface area contributed by atoms with Crippen molar-refractivity contribution in [3.63, 3.8) is 0 Å². The van der Waals surface area contributed by atoms with Crippen molar-refractivity contribution in [3.8, 4) is 12.3 Å². The molecule has 0 aliphatic carbocycles. The van der Waals surface area contributed by atoms with Crippen LogP contribution in [0.2, 0.25) is 0 Å².